The number of methoxy groups -OCH3 is 1. The molecule has 0 aromatic heterocycles. The van der Waals surface area contributed by atoms with Crippen LogP contribution in [0.4, 0.5) is 5.69 Å². The zero-order valence-corrected chi connectivity index (χ0v) is 11.8. The van der Waals surface area contributed by atoms with Gasteiger partial charge in [0.15, 0.2) is 5.75 Å². The number of nitrogens with one attached hydrogen (secondary N) is 1. The number of carbonyl (C=O) groups is 1. The average molecular weight is 268 g/mol. The van der Waals surface area contributed by atoms with E-state index < -0.39 is 0 Å². The molecule has 0 saturated heterocycles. The molecule has 0 bridgehead atoms. The molecule has 1 rings (SSSR count). The maximum atomic E-state index is 12.0. The quantitative estimate of drug-likeness (QED) is 0.776. The van der Waals surface area contributed by atoms with Gasteiger partial charge in [0, 0.05) is 11.8 Å². The molecule has 0 aliphatic heterocycles. The van der Waals surface area contributed by atoms with Crippen LogP contribution in [-0.2, 0) is 0 Å². The molecule has 1 aromatic carbocycles. The van der Waals surface area contributed by atoms with Crippen LogP contribution >= 0.6 is 11.8 Å². The van der Waals surface area contributed by atoms with Crippen molar-refractivity contribution in [1.29, 1.82) is 0 Å². The Kier molecular flexibility index (Phi) is 5.85. The minimum atomic E-state index is -0.146. The van der Waals surface area contributed by atoms with Gasteiger partial charge in [-0.3, -0.25) is 4.79 Å². The molecule has 1 unspecified atom stereocenters. The third-order valence-corrected chi connectivity index (χ3v) is 3.77. The Morgan fingerprint density at radius 3 is 2.89 bits per heavy atom. The topological polar surface area (TPSA) is 64.3 Å². The minimum absolute atomic E-state index is 0.146. The fraction of sp³-hybridized carbons (Fsp3) is 0.462. The summed E-state index contributed by atoms with van der Waals surface area (Å²) >= 11 is 1.79. The van der Waals surface area contributed by atoms with Gasteiger partial charge in [-0.25, -0.2) is 0 Å². The van der Waals surface area contributed by atoms with Crippen LogP contribution in [0.15, 0.2) is 18.2 Å². The van der Waals surface area contributed by atoms with Crippen LogP contribution in [0.1, 0.15) is 23.7 Å². The molecule has 1 amide bonds. The number of ether oxygens (including phenoxy) is 1. The number of carbonyl (C=O) groups excluding carboxylic acids is 1. The maximum Gasteiger partial charge on any atom is 0.255 e. The van der Waals surface area contributed by atoms with Crippen LogP contribution in [-0.4, -0.2) is 31.1 Å². The zero-order chi connectivity index (χ0) is 13.5. The van der Waals surface area contributed by atoms with E-state index in [1.165, 1.54) is 7.11 Å². The number of nitrogens with two attached hydrogens (primary N) is 1. The van der Waals surface area contributed by atoms with Gasteiger partial charge in [-0.05, 0) is 24.8 Å². The van der Waals surface area contributed by atoms with Crippen LogP contribution in [0.3, 0.4) is 0 Å². The van der Waals surface area contributed by atoms with Crippen LogP contribution in [0.5, 0.6) is 5.75 Å². The first kappa shape index (κ1) is 14.7. The first-order chi connectivity index (χ1) is 8.60. The summed E-state index contributed by atoms with van der Waals surface area (Å²) in [4.78, 5) is 12.0. The standard InChI is InChI=1S/C13H20N2O2S/c1-9(18-3)7-8-15-13(16)10-5-4-6-11(14)12(10)17-2/h4-6,9H,7-8,14H2,1-3H3,(H,15,16). The van der Waals surface area contributed by atoms with Gasteiger partial charge in [0.05, 0.1) is 18.4 Å². The van der Waals surface area contributed by atoms with Gasteiger partial charge in [-0.1, -0.05) is 13.0 Å². The molecule has 1 aromatic rings. The lowest BCUT2D eigenvalue weighted by atomic mass is 10.1. The molecule has 1 atom stereocenters. The number of amides is 1. The van der Waals surface area contributed by atoms with Gasteiger partial charge in [-0.15, -0.1) is 0 Å². The Morgan fingerprint density at radius 2 is 2.28 bits per heavy atom. The van der Waals surface area contributed by atoms with Crippen molar-refractivity contribution < 1.29 is 9.53 Å². The number of para-hydroxylation sites is 1. The predicted octanol–water partition coefficient (Wildman–Crippen LogP) is 2.15. The molecule has 0 aliphatic rings. The summed E-state index contributed by atoms with van der Waals surface area (Å²) in [6.45, 7) is 2.79. The van der Waals surface area contributed by atoms with Crippen molar-refractivity contribution >= 4 is 23.4 Å². The largest absolute Gasteiger partial charge is 0.494 e. The van der Waals surface area contributed by atoms with Crippen molar-refractivity contribution in [3.8, 4) is 5.75 Å². The Morgan fingerprint density at radius 1 is 1.56 bits per heavy atom. The Bertz CT molecular complexity index is 410. The summed E-state index contributed by atoms with van der Waals surface area (Å²) in [7, 11) is 1.51. The summed E-state index contributed by atoms with van der Waals surface area (Å²) in [5.41, 5.74) is 6.72. The fourth-order valence-corrected chi connectivity index (χ4v) is 1.92. The van der Waals surface area contributed by atoms with Crippen molar-refractivity contribution in [2.45, 2.75) is 18.6 Å². The monoisotopic (exact) mass is 268 g/mol. The second-order valence-electron chi connectivity index (χ2n) is 4.02. The van der Waals surface area contributed by atoms with Crippen molar-refractivity contribution in [2.24, 2.45) is 0 Å². The van der Waals surface area contributed by atoms with E-state index >= 15 is 0 Å². The van der Waals surface area contributed by atoms with E-state index in [4.69, 9.17) is 10.5 Å². The molecule has 0 radical (unpaired) electrons. The lowest BCUT2D eigenvalue weighted by Crippen LogP contribution is -2.26. The highest BCUT2D eigenvalue weighted by Crippen LogP contribution is 2.25. The number of hydrogen-bond acceptors (Lipinski definition) is 4. The summed E-state index contributed by atoms with van der Waals surface area (Å²) in [5.74, 6) is 0.292. The number of rotatable bonds is 6. The van der Waals surface area contributed by atoms with Crippen LogP contribution in [0.2, 0.25) is 0 Å². The molecule has 18 heavy (non-hydrogen) atoms. The van der Waals surface area contributed by atoms with Gasteiger partial charge in [-0.2, -0.15) is 11.8 Å². The SMILES string of the molecule is COc1c(N)cccc1C(=O)NCCC(C)SC. The molecule has 0 saturated carbocycles. The number of anilines is 1. The van der Waals surface area contributed by atoms with E-state index in [9.17, 15) is 4.79 Å². The van der Waals surface area contributed by atoms with Crippen LogP contribution in [0.25, 0.3) is 0 Å². The van der Waals surface area contributed by atoms with Crippen molar-refractivity contribution in [3.05, 3.63) is 23.8 Å². The smallest absolute Gasteiger partial charge is 0.255 e. The molecule has 5 heteroatoms. The summed E-state index contributed by atoms with van der Waals surface area (Å²) < 4.78 is 5.16. The molecule has 4 nitrogen and oxygen atoms in total. The predicted molar refractivity (Wildman–Crippen MR) is 77.3 cm³/mol. The third-order valence-electron chi connectivity index (χ3n) is 2.73. The molecule has 3 N–H and O–H groups in total. The van der Waals surface area contributed by atoms with Gasteiger partial charge < -0.3 is 15.8 Å². The van der Waals surface area contributed by atoms with Crippen LogP contribution in [0, 0.1) is 0 Å². The zero-order valence-electron chi connectivity index (χ0n) is 11.0. The number of hydrogen-bond donors (Lipinski definition) is 2. The molecular weight excluding hydrogens is 248 g/mol. The van der Waals surface area contributed by atoms with E-state index in [1.54, 1.807) is 30.0 Å². The molecule has 100 valence electrons. The average Bonchev–Trinajstić information content (AvgIpc) is 2.37. The first-order valence-corrected chi connectivity index (χ1v) is 7.12. The second-order valence-corrected chi connectivity index (χ2v) is 5.30. The van der Waals surface area contributed by atoms with Crippen molar-refractivity contribution in [2.75, 3.05) is 25.6 Å². The summed E-state index contributed by atoms with van der Waals surface area (Å²) in [6.07, 6.45) is 3.00. The van der Waals surface area contributed by atoms with Gasteiger partial charge >= 0.3 is 0 Å². The molecule has 0 spiro atoms. The van der Waals surface area contributed by atoms with E-state index in [0.29, 0.717) is 28.8 Å². The van der Waals surface area contributed by atoms with Crippen molar-refractivity contribution in [3.63, 3.8) is 0 Å². The molecular formula is C13H20N2O2S. The number of thioether (sulfide) groups is 1. The third kappa shape index (κ3) is 3.84. The summed E-state index contributed by atoms with van der Waals surface area (Å²) in [6, 6.07) is 5.17. The highest BCUT2D eigenvalue weighted by atomic mass is 32.2. The highest BCUT2D eigenvalue weighted by Gasteiger charge is 2.13. The number of nitrogen functional groups attached to an aromatic ring is 1. The Balaban J connectivity index is 2.64. The van der Waals surface area contributed by atoms with Gasteiger partial charge in [0.2, 0.25) is 0 Å². The van der Waals surface area contributed by atoms with Gasteiger partial charge in [0.1, 0.15) is 0 Å². The minimum Gasteiger partial charge on any atom is -0.494 e. The maximum absolute atomic E-state index is 12.0. The van der Waals surface area contributed by atoms with Crippen LogP contribution < -0.4 is 15.8 Å². The normalized spacial score (nSPS) is 11.9. The Hall–Kier alpha value is -1.36. The van der Waals surface area contributed by atoms with E-state index in [1.807, 2.05) is 0 Å². The van der Waals surface area contributed by atoms with Gasteiger partial charge in [0.25, 0.3) is 5.91 Å². The van der Waals surface area contributed by atoms with Crippen molar-refractivity contribution in [1.82, 2.24) is 5.32 Å². The second kappa shape index (κ2) is 7.16. The lowest BCUT2D eigenvalue weighted by Gasteiger charge is -2.12. The summed E-state index contributed by atoms with van der Waals surface area (Å²) in [5, 5.41) is 3.41. The Labute approximate surface area is 112 Å². The first-order valence-electron chi connectivity index (χ1n) is 5.83. The molecule has 0 fully saturated rings. The van der Waals surface area contributed by atoms with E-state index in [2.05, 4.69) is 18.5 Å². The molecule has 0 aliphatic carbocycles. The molecule has 0 heterocycles. The van der Waals surface area contributed by atoms with E-state index in [0.717, 1.165) is 6.42 Å². The highest BCUT2D eigenvalue weighted by molar-refractivity contribution is 7.99. The lowest BCUT2D eigenvalue weighted by molar-refractivity contribution is 0.0950. The number of benzene rings is 1. The fourth-order valence-electron chi connectivity index (χ4n) is 1.56. The van der Waals surface area contributed by atoms with E-state index in [-0.39, 0.29) is 5.91 Å².